The highest BCUT2D eigenvalue weighted by Gasteiger charge is 2.40. The summed E-state index contributed by atoms with van der Waals surface area (Å²) in [6, 6.07) is 6.87. The van der Waals surface area contributed by atoms with Crippen LogP contribution in [0.3, 0.4) is 0 Å². The Labute approximate surface area is 115 Å². The molecule has 0 saturated carbocycles. The molecule has 1 aliphatic heterocycles. The fourth-order valence-corrected chi connectivity index (χ4v) is 2.39. The van der Waals surface area contributed by atoms with Crippen LogP contribution in [-0.2, 0) is 9.59 Å². The number of anilines is 1. The van der Waals surface area contributed by atoms with E-state index in [9.17, 15) is 9.59 Å². The number of benzene rings is 1. The van der Waals surface area contributed by atoms with Crippen LogP contribution < -0.4 is 5.32 Å². The van der Waals surface area contributed by atoms with Gasteiger partial charge in [-0.2, -0.15) is 4.98 Å². The summed E-state index contributed by atoms with van der Waals surface area (Å²) in [6.45, 7) is 3.63. The quantitative estimate of drug-likeness (QED) is 0.863. The first kappa shape index (κ1) is 12.7. The van der Waals surface area contributed by atoms with Gasteiger partial charge in [0, 0.05) is 6.04 Å². The average molecular weight is 273 g/mol. The molecule has 0 radical (unpaired) electrons. The minimum atomic E-state index is -0.599. The molecule has 1 N–H and O–H groups in total. The van der Waals surface area contributed by atoms with Crippen LogP contribution >= 0.6 is 0 Å². The monoisotopic (exact) mass is 273 g/mol. The van der Waals surface area contributed by atoms with Crippen LogP contribution in [0.1, 0.15) is 20.3 Å². The number of fused-ring (bicyclic) bond motifs is 1. The summed E-state index contributed by atoms with van der Waals surface area (Å²) in [5, 5.41) is 2.91. The fourth-order valence-electron chi connectivity index (χ4n) is 2.39. The lowest BCUT2D eigenvalue weighted by atomic mass is 10.2. The Balaban J connectivity index is 1.81. The van der Waals surface area contributed by atoms with E-state index < -0.39 is 6.04 Å². The van der Waals surface area contributed by atoms with Crippen molar-refractivity contribution in [1.29, 1.82) is 0 Å². The number of oxazole rings is 1. The minimum absolute atomic E-state index is 0.134. The molecule has 0 spiro atoms. The van der Waals surface area contributed by atoms with Gasteiger partial charge in [0.2, 0.25) is 5.91 Å². The minimum Gasteiger partial charge on any atom is -0.424 e. The van der Waals surface area contributed by atoms with E-state index in [4.69, 9.17) is 4.42 Å². The lowest BCUT2D eigenvalue weighted by molar-refractivity contribution is -0.140. The van der Waals surface area contributed by atoms with Crippen molar-refractivity contribution in [3.8, 4) is 0 Å². The SMILES string of the molecule is CC(C)N1C(=O)CC(Nc2nc3ccccc3o2)C1=O. The van der Waals surface area contributed by atoms with Gasteiger partial charge in [0.1, 0.15) is 11.6 Å². The Bertz CT molecular complexity index is 644. The molecule has 0 aliphatic carbocycles. The van der Waals surface area contributed by atoms with Crippen LogP contribution in [0, 0.1) is 0 Å². The number of amides is 2. The Morgan fingerprint density at radius 3 is 2.75 bits per heavy atom. The van der Waals surface area contributed by atoms with Crippen molar-refractivity contribution in [3.63, 3.8) is 0 Å². The third-order valence-electron chi connectivity index (χ3n) is 3.29. The molecule has 1 saturated heterocycles. The van der Waals surface area contributed by atoms with Gasteiger partial charge in [-0.25, -0.2) is 0 Å². The van der Waals surface area contributed by atoms with E-state index in [1.807, 2.05) is 32.0 Å². The summed E-state index contributed by atoms with van der Waals surface area (Å²) in [6.07, 6.45) is 0.135. The normalized spacial score (nSPS) is 19.4. The Morgan fingerprint density at radius 1 is 1.35 bits per heavy atom. The maximum Gasteiger partial charge on any atom is 0.296 e. The number of nitrogens with zero attached hydrogens (tertiary/aromatic N) is 2. The molecule has 1 unspecified atom stereocenters. The molecule has 20 heavy (non-hydrogen) atoms. The average Bonchev–Trinajstić information content (AvgIpc) is 2.90. The van der Waals surface area contributed by atoms with Gasteiger partial charge >= 0.3 is 0 Å². The number of aromatic nitrogens is 1. The molecule has 1 aromatic carbocycles. The molecular weight excluding hydrogens is 258 g/mol. The number of para-hydroxylation sites is 2. The number of hydrogen-bond acceptors (Lipinski definition) is 5. The molecule has 2 aromatic rings. The zero-order valence-electron chi connectivity index (χ0n) is 11.3. The van der Waals surface area contributed by atoms with E-state index in [2.05, 4.69) is 10.3 Å². The molecule has 1 aliphatic rings. The van der Waals surface area contributed by atoms with Crippen LogP contribution in [0.15, 0.2) is 28.7 Å². The lowest BCUT2D eigenvalue weighted by Crippen LogP contribution is -2.39. The maximum absolute atomic E-state index is 12.2. The fraction of sp³-hybridized carbons (Fsp3) is 0.357. The molecular formula is C14H15N3O3. The summed E-state index contributed by atoms with van der Waals surface area (Å²) in [7, 11) is 0. The second kappa shape index (κ2) is 4.63. The second-order valence-electron chi connectivity index (χ2n) is 5.08. The first-order chi connectivity index (χ1) is 9.56. The molecule has 3 rings (SSSR count). The molecule has 2 amide bonds. The molecule has 6 nitrogen and oxygen atoms in total. The van der Waals surface area contributed by atoms with Crippen molar-refractivity contribution >= 4 is 28.9 Å². The van der Waals surface area contributed by atoms with E-state index in [-0.39, 0.29) is 30.3 Å². The van der Waals surface area contributed by atoms with Crippen LogP contribution in [0.5, 0.6) is 0 Å². The highest BCUT2D eigenvalue weighted by molar-refractivity contribution is 6.07. The van der Waals surface area contributed by atoms with Gasteiger partial charge in [-0.3, -0.25) is 14.5 Å². The Morgan fingerprint density at radius 2 is 2.10 bits per heavy atom. The first-order valence-electron chi connectivity index (χ1n) is 6.54. The number of imide groups is 1. The second-order valence-corrected chi connectivity index (χ2v) is 5.08. The molecule has 2 heterocycles. The van der Waals surface area contributed by atoms with Crippen molar-refractivity contribution < 1.29 is 14.0 Å². The molecule has 1 atom stereocenters. The van der Waals surface area contributed by atoms with Gasteiger partial charge in [-0.05, 0) is 26.0 Å². The van der Waals surface area contributed by atoms with Gasteiger partial charge in [-0.15, -0.1) is 0 Å². The third-order valence-corrected chi connectivity index (χ3v) is 3.29. The predicted octanol–water partition coefficient (Wildman–Crippen LogP) is 1.78. The van der Waals surface area contributed by atoms with E-state index in [1.165, 1.54) is 4.90 Å². The number of carbonyl (C=O) groups excluding carboxylic acids is 2. The van der Waals surface area contributed by atoms with Crippen molar-refractivity contribution in [1.82, 2.24) is 9.88 Å². The number of hydrogen-bond donors (Lipinski definition) is 1. The summed E-state index contributed by atoms with van der Waals surface area (Å²) >= 11 is 0. The predicted molar refractivity (Wildman–Crippen MR) is 73.0 cm³/mol. The van der Waals surface area contributed by atoms with E-state index in [0.29, 0.717) is 11.1 Å². The van der Waals surface area contributed by atoms with Crippen molar-refractivity contribution in [2.45, 2.75) is 32.4 Å². The number of likely N-dealkylation sites (tertiary alicyclic amines) is 1. The summed E-state index contributed by atoms with van der Waals surface area (Å²) in [5.74, 6) is -0.397. The maximum atomic E-state index is 12.2. The standard InChI is InChI=1S/C14H15N3O3/c1-8(2)17-12(18)7-10(13(17)19)16-14-15-9-5-3-4-6-11(9)20-14/h3-6,8,10H,7H2,1-2H3,(H,15,16). The van der Waals surface area contributed by atoms with Gasteiger partial charge in [-0.1, -0.05) is 12.1 Å². The van der Waals surface area contributed by atoms with Gasteiger partial charge in [0.25, 0.3) is 11.9 Å². The Kier molecular flexibility index (Phi) is 2.93. The van der Waals surface area contributed by atoms with Crippen molar-refractivity contribution in [3.05, 3.63) is 24.3 Å². The topological polar surface area (TPSA) is 75.4 Å². The number of nitrogens with one attached hydrogen (secondary N) is 1. The van der Waals surface area contributed by atoms with Crippen LogP contribution in [0.25, 0.3) is 11.1 Å². The van der Waals surface area contributed by atoms with Crippen LogP contribution in [0.4, 0.5) is 6.01 Å². The third kappa shape index (κ3) is 2.03. The zero-order valence-corrected chi connectivity index (χ0v) is 11.3. The number of carbonyl (C=O) groups is 2. The van der Waals surface area contributed by atoms with Crippen LogP contribution in [-0.4, -0.2) is 33.8 Å². The summed E-state index contributed by atoms with van der Waals surface area (Å²) in [4.78, 5) is 29.5. The van der Waals surface area contributed by atoms with Gasteiger partial charge in [0.15, 0.2) is 5.58 Å². The number of rotatable bonds is 3. The van der Waals surface area contributed by atoms with E-state index >= 15 is 0 Å². The molecule has 0 bridgehead atoms. The van der Waals surface area contributed by atoms with Crippen molar-refractivity contribution in [2.75, 3.05) is 5.32 Å². The highest BCUT2D eigenvalue weighted by Crippen LogP contribution is 2.23. The zero-order chi connectivity index (χ0) is 14.3. The first-order valence-corrected chi connectivity index (χ1v) is 6.54. The molecule has 1 fully saturated rings. The molecule has 6 heteroatoms. The van der Waals surface area contributed by atoms with Crippen molar-refractivity contribution in [2.24, 2.45) is 0 Å². The molecule has 1 aromatic heterocycles. The largest absolute Gasteiger partial charge is 0.424 e. The lowest BCUT2D eigenvalue weighted by Gasteiger charge is -2.18. The van der Waals surface area contributed by atoms with Gasteiger partial charge < -0.3 is 9.73 Å². The molecule has 104 valence electrons. The van der Waals surface area contributed by atoms with Crippen LogP contribution in [0.2, 0.25) is 0 Å². The Hall–Kier alpha value is -2.37. The smallest absolute Gasteiger partial charge is 0.296 e. The van der Waals surface area contributed by atoms with Gasteiger partial charge in [0.05, 0.1) is 6.42 Å². The van der Waals surface area contributed by atoms with E-state index in [0.717, 1.165) is 0 Å². The summed E-state index contributed by atoms with van der Waals surface area (Å²) in [5.41, 5.74) is 1.36. The highest BCUT2D eigenvalue weighted by atomic mass is 16.4. The summed E-state index contributed by atoms with van der Waals surface area (Å²) < 4.78 is 5.50. The van der Waals surface area contributed by atoms with E-state index in [1.54, 1.807) is 6.07 Å².